The van der Waals surface area contributed by atoms with Crippen LogP contribution in [0.1, 0.15) is 5.69 Å². The molecule has 5 heteroatoms. The molecule has 17 heavy (non-hydrogen) atoms. The Hall–Kier alpha value is -2.43. The summed E-state index contributed by atoms with van der Waals surface area (Å²) in [6.07, 6.45) is 0. The van der Waals surface area contributed by atoms with Crippen molar-refractivity contribution in [2.24, 2.45) is 0 Å². The summed E-state index contributed by atoms with van der Waals surface area (Å²) in [5.41, 5.74) is 2.49. The van der Waals surface area contributed by atoms with Crippen molar-refractivity contribution in [3.8, 4) is 11.4 Å². The smallest absolute Gasteiger partial charge is 0.290 e. The van der Waals surface area contributed by atoms with Gasteiger partial charge in [0.15, 0.2) is 0 Å². The molecule has 0 saturated carbocycles. The maximum Gasteiger partial charge on any atom is 0.290 e. The molecule has 0 aliphatic heterocycles. The van der Waals surface area contributed by atoms with Crippen LogP contribution in [0.3, 0.4) is 0 Å². The summed E-state index contributed by atoms with van der Waals surface area (Å²) in [5.74, 6) is 0.683. The number of fused-ring (bicyclic) bond motifs is 1. The van der Waals surface area contributed by atoms with Gasteiger partial charge in [0.1, 0.15) is 16.9 Å². The van der Waals surface area contributed by atoms with Crippen molar-refractivity contribution < 1.29 is 0 Å². The molecule has 0 aliphatic carbocycles. The molecule has 2 heterocycles. The highest BCUT2D eigenvalue weighted by Gasteiger charge is 2.10. The van der Waals surface area contributed by atoms with Crippen LogP contribution in [0.2, 0.25) is 0 Å². The molecular formula is C12H10N4O. The number of hydrogen-bond acceptors (Lipinski definition) is 3. The maximum atomic E-state index is 11.6. The predicted molar refractivity (Wildman–Crippen MR) is 64.7 cm³/mol. The van der Waals surface area contributed by atoms with Crippen LogP contribution in [0.4, 0.5) is 0 Å². The quantitative estimate of drug-likeness (QED) is 0.662. The van der Waals surface area contributed by atoms with Crippen LogP contribution in [0.5, 0.6) is 0 Å². The van der Waals surface area contributed by atoms with E-state index in [0.717, 1.165) is 5.56 Å². The van der Waals surface area contributed by atoms with Crippen molar-refractivity contribution in [1.82, 2.24) is 20.2 Å². The minimum atomic E-state index is -0.250. The molecule has 0 atom stereocenters. The van der Waals surface area contributed by atoms with E-state index in [0.29, 0.717) is 22.6 Å². The van der Waals surface area contributed by atoms with Crippen LogP contribution < -0.4 is 5.56 Å². The average Bonchev–Trinajstić information content (AvgIpc) is 2.81. The van der Waals surface area contributed by atoms with Gasteiger partial charge in [-0.1, -0.05) is 30.3 Å². The zero-order valence-corrected chi connectivity index (χ0v) is 9.19. The standard InChI is InChI=1S/C12H10N4O/c1-7-9-10(12(17)16-15-7)14-11(13-9)8-5-3-2-4-6-8/h2-6H,1H3,(H,13,14)(H,16,17). The summed E-state index contributed by atoms with van der Waals surface area (Å²) < 4.78 is 0. The number of H-pyrrole nitrogens is 2. The number of aryl methyl sites for hydroxylation is 1. The molecule has 84 valence electrons. The van der Waals surface area contributed by atoms with Crippen molar-refractivity contribution in [2.75, 3.05) is 0 Å². The lowest BCUT2D eigenvalue weighted by Crippen LogP contribution is -2.09. The molecule has 0 aliphatic rings. The minimum Gasteiger partial charge on any atom is -0.333 e. The van der Waals surface area contributed by atoms with Crippen LogP contribution in [0, 0.1) is 6.92 Å². The van der Waals surface area contributed by atoms with Gasteiger partial charge in [-0.15, -0.1) is 0 Å². The fourth-order valence-corrected chi connectivity index (χ4v) is 1.78. The molecule has 0 fully saturated rings. The number of nitrogens with one attached hydrogen (secondary N) is 2. The van der Waals surface area contributed by atoms with E-state index >= 15 is 0 Å². The first kappa shape index (κ1) is 9.77. The Balaban J connectivity index is 2.31. The van der Waals surface area contributed by atoms with E-state index < -0.39 is 0 Å². The monoisotopic (exact) mass is 226 g/mol. The van der Waals surface area contributed by atoms with Gasteiger partial charge in [0.05, 0.1) is 5.69 Å². The average molecular weight is 226 g/mol. The van der Waals surface area contributed by atoms with Crippen molar-refractivity contribution in [1.29, 1.82) is 0 Å². The van der Waals surface area contributed by atoms with Gasteiger partial charge in [0, 0.05) is 5.56 Å². The number of aromatic amines is 2. The molecule has 0 amide bonds. The third-order valence-corrected chi connectivity index (χ3v) is 2.65. The lowest BCUT2D eigenvalue weighted by molar-refractivity contribution is 0.965. The highest BCUT2D eigenvalue weighted by Crippen LogP contribution is 2.18. The van der Waals surface area contributed by atoms with Gasteiger partial charge in [-0.25, -0.2) is 10.1 Å². The number of imidazole rings is 1. The second-order valence-corrected chi connectivity index (χ2v) is 3.81. The maximum absolute atomic E-state index is 11.6. The summed E-state index contributed by atoms with van der Waals surface area (Å²) in [5, 5.41) is 6.32. The Bertz CT molecular complexity index is 727. The van der Waals surface area contributed by atoms with E-state index in [4.69, 9.17) is 0 Å². The summed E-state index contributed by atoms with van der Waals surface area (Å²) in [7, 11) is 0. The Morgan fingerprint density at radius 2 is 1.94 bits per heavy atom. The zero-order valence-electron chi connectivity index (χ0n) is 9.19. The second kappa shape index (κ2) is 3.55. The summed E-state index contributed by atoms with van der Waals surface area (Å²) in [6.45, 7) is 1.81. The molecule has 0 unspecified atom stereocenters. The number of nitrogens with zero attached hydrogens (tertiary/aromatic N) is 2. The molecule has 2 aromatic heterocycles. The van der Waals surface area contributed by atoms with E-state index in [9.17, 15) is 4.79 Å². The molecule has 0 radical (unpaired) electrons. The van der Waals surface area contributed by atoms with Crippen LogP contribution in [0.25, 0.3) is 22.4 Å². The molecule has 0 saturated heterocycles. The zero-order chi connectivity index (χ0) is 11.8. The number of aromatic nitrogens is 4. The predicted octanol–water partition coefficient (Wildman–Crippen LogP) is 1.62. The molecule has 3 aromatic rings. The van der Waals surface area contributed by atoms with Crippen LogP contribution in [-0.2, 0) is 0 Å². The van der Waals surface area contributed by atoms with Crippen molar-refractivity contribution in [3.05, 3.63) is 46.4 Å². The number of hydrogen-bond donors (Lipinski definition) is 2. The highest BCUT2D eigenvalue weighted by molar-refractivity contribution is 5.79. The first-order valence-corrected chi connectivity index (χ1v) is 5.26. The van der Waals surface area contributed by atoms with E-state index in [-0.39, 0.29) is 5.56 Å². The largest absolute Gasteiger partial charge is 0.333 e. The van der Waals surface area contributed by atoms with E-state index in [1.165, 1.54) is 0 Å². The normalized spacial score (nSPS) is 10.9. The fraction of sp³-hybridized carbons (Fsp3) is 0.0833. The molecule has 5 nitrogen and oxygen atoms in total. The Labute approximate surface area is 96.5 Å². The van der Waals surface area contributed by atoms with E-state index in [2.05, 4.69) is 20.2 Å². The highest BCUT2D eigenvalue weighted by atomic mass is 16.1. The van der Waals surface area contributed by atoms with Crippen molar-refractivity contribution in [2.45, 2.75) is 6.92 Å². The first-order valence-electron chi connectivity index (χ1n) is 5.26. The summed E-state index contributed by atoms with van der Waals surface area (Å²) >= 11 is 0. The third kappa shape index (κ3) is 1.52. The lowest BCUT2D eigenvalue weighted by Gasteiger charge is -1.93. The number of benzene rings is 1. The van der Waals surface area contributed by atoms with Gasteiger partial charge in [0.2, 0.25) is 0 Å². The Morgan fingerprint density at radius 3 is 2.65 bits per heavy atom. The van der Waals surface area contributed by atoms with Crippen LogP contribution >= 0.6 is 0 Å². The molecule has 1 aromatic carbocycles. The molecule has 2 N–H and O–H groups in total. The topological polar surface area (TPSA) is 74.4 Å². The molecular weight excluding hydrogens is 216 g/mol. The van der Waals surface area contributed by atoms with E-state index in [1.54, 1.807) is 0 Å². The van der Waals surface area contributed by atoms with Gasteiger partial charge in [-0.2, -0.15) is 5.10 Å². The third-order valence-electron chi connectivity index (χ3n) is 2.65. The summed E-state index contributed by atoms with van der Waals surface area (Å²) in [6, 6.07) is 9.67. The molecule has 3 rings (SSSR count). The van der Waals surface area contributed by atoms with Gasteiger partial charge < -0.3 is 4.98 Å². The molecule has 0 bridgehead atoms. The van der Waals surface area contributed by atoms with Crippen molar-refractivity contribution in [3.63, 3.8) is 0 Å². The summed E-state index contributed by atoms with van der Waals surface area (Å²) in [4.78, 5) is 19.0. The second-order valence-electron chi connectivity index (χ2n) is 3.81. The van der Waals surface area contributed by atoms with E-state index in [1.807, 2.05) is 37.3 Å². The van der Waals surface area contributed by atoms with Gasteiger partial charge in [-0.05, 0) is 6.92 Å². The molecule has 0 spiro atoms. The minimum absolute atomic E-state index is 0.250. The van der Waals surface area contributed by atoms with Gasteiger partial charge in [0.25, 0.3) is 5.56 Å². The number of rotatable bonds is 1. The Morgan fingerprint density at radius 1 is 1.18 bits per heavy atom. The van der Waals surface area contributed by atoms with Gasteiger partial charge >= 0.3 is 0 Å². The lowest BCUT2D eigenvalue weighted by atomic mass is 10.2. The van der Waals surface area contributed by atoms with Crippen molar-refractivity contribution >= 4 is 11.0 Å². The Kier molecular flexibility index (Phi) is 2.04. The first-order chi connectivity index (χ1) is 8.25. The van der Waals surface area contributed by atoms with Crippen LogP contribution in [0.15, 0.2) is 35.1 Å². The van der Waals surface area contributed by atoms with Gasteiger partial charge in [-0.3, -0.25) is 4.79 Å². The van der Waals surface area contributed by atoms with Crippen LogP contribution in [-0.4, -0.2) is 20.2 Å². The fourth-order valence-electron chi connectivity index (χ4n) is 1.78. The SMILES string of the molecule is Cc1n[nH]c(=O)c2[nH]c(-c3ccccc3)nc12.